The van der Waals surface area contributed by atoms with Crippen LogP contribution in [0.2, 0.25) is 0 Å². The van der Waals surface area contributed by atoms with Crippen molar-refractivity contribution in [3.8, 4) is 0 Å². The van der Waals surface area contributed by atoms with Crippen LogP contribution in [0.4, 0.5) is 0 Å². The van der Waals surface area contributed by atoms with Crippen molar-refractivity contribution in [1.29, 1.82) is 0 Å². The fourth-order valence-electron chi connectivity index (χ4n) is 1.11. The monoisotopic (exact) mass is 216 g/mol. The molecule has 5 heteroatoms. The molecule has 0 aromatic heterocycles. The maximum Gasteiger partial charge on any atom is 0.246 e. The van der Waals surface area contributed by atoms with Gasteiger partial charge in [-0.3, -0.25) is 9.59 Å². The van der Waals surface area contributed by atoms with E-state index in [1.807, 2.05) is 20.8 Å². The molecule has 0 heterocycles. The Morgan fingerprint density at radius 1 is 1.20 bits per heavy atom. The number of rotatable bonds is 7. The molecular weight excluding hydrogens is 196 g/mol. The SMILES string of the molecule is CCOCC(=O)NCC(=O)N(CC)CC. The van der Waals surface area contributed by atoms with Crippen LogP contribution < -0.4 is 5.32 Å². The lowest BCUT2D eigenvalue weighted by atomic mass is 10.4. The highest BCUT2D eigenvalue weighted by Crippen LogP contribution is 1.87. The van der Waals surface area contributed by atoms with E-state index >= 15 is 0 Å². The number of ether oxygens (including phenoxy) is 1. The van der Waals surface area contributed by atoms with Crippen molar-refractivity contribution in [2.45, 2.75) is 20.8 Å². The first-order valence-corrected chi connectivity index (χ1v) is 5.27. The molecule has 0 rings (SSSR count). The second kappa shape index (κ2) is 8.23. The number of carbonyl (C=O) groups is 2. The third-order valence-electron chi connectivity index (χ3n) is 1.99. The summed E-state index contributed by atoms with van der Waals surface area (Å²) in [5, 5.41) is 2.51. The second-order valence-corrected chi connectivity index (χ2v) is 2.98. The first-order valence-electron chi connectivity index (χ1n) is 5.27. The van der Waals surface area contributed by atoms with Crippen molar-refractivity contribution in [2.75, 3.05) is 32.8 Å². The topological polar surface area (TPSA) is 58.6 Å². The van der Waals surface area contributed by atoms with Crippen LogP contribution in [-0.2, 0) is 14.3 Å². The molecule has 0 aliphatic heterocycles. The number of likely N-dealkylation sites (N-methyl/N-ethyl adjacent to an activating group) is 1. The molecule has 15 heavy (non-hydrogen) atoms. The van der Waals surface area contributed by atoms with Crippen molar-refractivity contribution in [2.24, 2.45) is 0 Å². The Kier molecular flexibility index (Phi) is 7.62. The summed E-state index contributed by atoms with van der Waals surface area (Å²) >= 11 is 0. The van der Waals surface area contributed by atoms with Crippen LogP contribution in [0, 0.1) is 0 Å². The van der Waals surface area contributed by atoms with E-state index in [1.165, 1.54) is 0 Å². The largest absolute Gasteiger partial charge is 0.372 e. The standard InChI is InChI=1S/C10H20N2O3/c1-4-12(5-2)10(14)7-11-9(13)8-15-6-3/h4-8H2,1-3H3,(H,11,13). The highest BCUT2D eigenvalue weighted by atomic mass is 16.5. The van der Waals surface area contributed by atoms with Crippen molar-refractivity contribution < 1.29 is 14.3 Å². The zero-order chi connectivity index (χ0) is 11.7. The summed E-state index contributed by atoms with van der Waals surface area (Å²) in [7, 11) is 0. The molecule has 0 bridgehead atoms. The van der Waals surface area contributed by atoms with Gasteiger partial charge in [0.15, 0.2) is 0 Å². The number of hydrogen-bond donors (Lipinski definition) is 1. The molecule has 0 aromatic rings. The first-order chi connectivity index (χ1) is 7.15. The Morgan fingerprint density at radius 3 is 2.27 bits per heavy atom. The Labute approximate surface area is 90.8 Å². The highest BCUT2D eigenvalue weighted by molar-refractivity contribution is 5.85. The Bertz CT molecular complexity index is 203. The number of amides is 2. The molecular formula is C10H20N2O3. The second-order valence-electron chi connectivity index (χ2n) is 2.98. The molecule has 2 amide bonds. The van der Waals surface area contributed by atoms with E-state index in [1.54, 1.807) is 4.90 Å². The summed E-state index contributed by atoms with van der Waals surface area (Å²) in [6, 6.07) is 0. The van der Waals surface area contributed by atoms with E-state index < -0.39 is 0 Å². The molecule has 0 aliphatic carbocycles. The maximum absolute atomic E-state index is 11.5. The van der Waals surface area contributed by atoms with Crippen LogP contribution in [-0.4, -0.2) is 49.6 Å². The highest BCUT2D eigenvalue weighted by Gasteiger charge is 2.10. The van der Waals surface area contributed by atoms with Crippen LogP contribution in [0.15, 0.2) is 0 Å². The average molecular weight is 216 g/mol. The van der Waals surface area contributed by atoms with Gasteiger partial charge in [0, 0.05) is 19.7 Å². The molecule has 88 valence electrons. The van der Waals surface area contributed by atoms with E-state index in [2.05, 4.69) is 5.32 Å². The van der Waals surface area contributed by atoms with Crippen molar-refractivity contribution in [1.82, 2.24) is 10.2 Å². The van der Waals surface area contributed by atoms with Gasteiger partial charge in [0.2, 0.25) is 11.8 Å². The Morgan fingerprint density at radius 2 is 1.80 bits per heavy atom. The summed E-state index contributed by atoms with van der Waals surface area (Å²) < 4.78 is 4.90. The predicted molar refractivity (Wildman–Crippen MR) is 57.4 cm³/mol. The molecule has 1 N–H and O–H groups in total. The van der Waals surface area contributed by atoms with E-state index in [9.17, 15) is 9.59 Å². The summed E-state index contributed by atoms with van der Waals surface area (Å²) in [6.07, 6.45) is 0. The van der Waals surface area contributed by atoms with Gasteiger partial charge in [-0.1, -0.05) is 0 Å². The zero-order valence-electron chi connectivity index (χ0n) is 9.71. The zero-order valence-corrected chi connectivity index (χ0v) is 9.71. The number of hydrogen-bond acceptors (Lipinski definition) is 3. The minimum atomic E-state index is -0.252. The van der Waals surface area contributed by atoms with Gasteiger partial charge in [-0.2, -0.15) is 0 Å². The van der Waals surface area contributed by atoms with Gasteiger partial charge in [0.1, 0.15) is 6.61 Å². The molecule has 0 radical (unpaired) electrons. The third kappa shape index (κ3) is 6.06. The van der Waals surface area contributed by atoms with E-state index in [0.717, 1.165) is 0 Å². The molecule has 0 fully saturated rings. The van der Waals surface area contributed by atoms with Gasteiger partial charge >= 0.3 is 0 Å². The van der Waals surface area contributed by atoms with Gasteiger partial charge in [-0.15, -0.1) is 0 Å². The van der Waals surface area contributed by atoms with E-state index in [4.69, 9.17) is 4.74 Å². The maximum atomic E-state index is 11.5. The van der Waals surface area contributed by atoms with E-state index in [-0.39, 0.29) is 25.0 Å². The minimum Gasteiger partial charge on any atom is -0.372 e. The first kappa shape index (κ1) is 13.9. The molecule has 0 atom stereocenters. The van der Waals surface area contributed by atoms with Gasteiger partial charge < -0.3 is 15.0 Å². The predicted octanol–water partition coefficient (Wildman–Crippen LogP) is 0.00750. The molecule has 0 aromatic carbocycles. The summed E-state index contributed by atoms with van der Waals surface area (Å²) in [4.78, 5) is 24.2. The van der Waals surface area contributed by atoms with Crippen LogP contribution in [0.3, 0.4) is 0 Å². The van der Waals surface area contributed by atoms with Gasteiger partial charge in [-0.05, 0) is 20.8 Å². The van der Waals surface area contributed by atoms with Crippen molar-refractivity contribution in [3.63, 3.8) is 0 Å². The fraction of sp³-hybridized carbons (Fsp3) is 0.800. The summed E-state index contributed by atoms with van der Waals surface area (Å²) in [5.74, 6) is -0.317. The van der Waals surface area contributed by atoms with Gasteiger partial charge in [-0.25, -0.2) is 0 Å². The fourth-order valence-corrected chi connectivity index (χ4v) is 1.11. The molecule has 0 saturated carbocycles. The van der Waals surface area contributed by atoms with Crippen LogP contribution in [0.1, 0.15) is 20.8 Å². The van der Waals surface area contributed by atoms with E-state index in [0.29, 0.717) is 19.7 Å². The lowest BCUT2D eigenvalue weighted by molar-refractivity contribution is -0.133. The third-order valence-corrected chi connectivity index (χ3v) is 1.99. The summed E-state index contributed by atoms with van der Waals surface area (Å²) in [5.41, 5.74) is 0. The number of nitrogens with one attached hydrogen (secondary N) is 1. The smallest absolute Gasteiger partial charge is 0.246 e. The summed E-state index contributed by atoms with van der Waals surface area (Å²) in [6.45, 7) is 7.52. The van der Waals surface area contributed by atoms with Crippen molar-refractivity contribution >= 4 is 11.8 Å². The molecule has 0 spiro atoms. The molecule has 0 saturated heterocycles. The Balaban J connectivity index is 3.74. The normalized spacial score (nSPS) is 9.80. The van der Waals surface area contributed by atoms with Gasteiger partial charge in [0.05, 0.1) is 6.54 Å². The van der Waals surface area contributed by atoms with Crippen LogP contribution >= 0.6 is 0 Å². The quantitative estimate of drug-likeness (QED) is 0.652. The van der Waals surface area contributed by atoms with Crippen molar-refractivity contribution in [3.05, 3.63) is 0 Å². The lowest BCUT2D eigenvalue weighted by Crippen LogP contribution is -2.41. The average Bonchev–Trinajstić information content (AvgIpc) is 2.25. The number of nitrogens with zero attached hydrogens (tertiary/aromatic N) is 1. The Hall–Kier alpha value is -1.10. The van der Waals surface area contributed by atoms with Gasteiger partial charge in [0.25, 0.3) is 0 Å². The van der Waals surface area contributed by atoms with Crippen LogP contribution in [0.5, 0.6) is 0 Å². The number of carbonyl (C=O) groups excluding carboxylic acids is 2. The van der Waals surface area contributed by atoms with Crippen LogP contribution in [0.25, 0.3) is 0 Å². The minimum absolute atomic E-state index is 0.0159. The molecule has 0 unspecified atom stereocenters. The molecule has 5 nitrogen and oxygen atoms in total. The molecule has 0 aliphatic rings. The lowest BCUT2D eigenvalue weighted by Gasteiger charge is -2.18.